The number of halogens is 2. The minimum absolute atomic E-state index is 0.0876. The average molecular weight is 282 g/mol. The molecule has 0 amide bonds. The Morgan fingerprint density at radius 1 is 1.00 bits per heavy atom. The summed E-state index contributed by atoms with van der Waals surface area (Å²) < 4.78 is 35.6. The van der Waals surface area contributed by atoms with Crippen molar-refractivity contribution in [1.82, 2.24) is 15.0 Å². The van der Waals surface area contributed by atoms with Crippen molar-refractivity contribution in [3.8, 4) is 12.0 Å². The number of aromatic nitrogens is 3. The highest BCUT2D eigenvalue weighted by atomic mass is 19.2. The van der Waals surface area contributed by atoms with E-state index < -0.39 is 11.6 Å². The molecule has 1 aromatic heterocycles. The first-order chi connectivity index (χ1) is 9.62. The first kappa shape index (κ1) is 13.9. The van der Waals surface area contributed by atoms with Gasteiger partial charge in [0, 0.05) is 6.54 Å². The normalized spacial score (nSPS) is 10.2. The van der Waals surface area contributed by atoms with Crippen LogP contribution in [-0.4, -0.2) is 29.2 Å². The molecule has 2 rings (SSSR count). The van der Waals surface area contributed by atoms with Crippen molar-refractivity contribution in [1.29, 1.82) is 0 Å². The lowest BCUT2D eigenvalue weighted by atomic mass is 10.2. The van der Waals surface area contributed by atoms with Crippen molar-refractivity contribution >= 4 is 5.95 Å². The molecule has 0 radical (unpaired) electrons. The molecule has 0 bridgehead atoms. The molecule has 20 heavy (non-hydrogen) atoms. The molecule has 0 saturated heterocycles. The van der Waals surface area contributed by atoms with Gasteiger partial charge in [0.05, 0.1) is 14.2 Å². The monoisotopic (exact) mass is 282 g/mol. The SMILES string of the molecule is COc1nc(NCc2ccc(F)c(F)c2)nc(OC)n1. The number of anilines is 1. The van der Waals surface area contributed by atoms with Crippen LogP contribution in [0, 0.1) is 11.6 Å². The summed E-state index contributed by atoms with van der Waals surface area (Å²) in [6.07, 6.45) is 0. The molecule has 0 saturated carbocycles. The summed E-state index contributed by atoms with van der Waals surface area (Å²) in [7, 11) is 2.82. The molecule has 2 aromatic rings. The third kappa shape index (κ3) is 3.28. The van der Waals surface area contributed by atoms with Crippen molar-refractivity contribution in [3.63, 3.8) is 0 Å². The third-order valence-corrected chi connectivity index (χ3v) is 2.39. The molecule has 1 aromatic carbocycles. The van der Waals surface area contributed by atoms with Crippen LogP contribution < -0.4 is 14.8 Å². The molecule has 8 heteroatoms. The smallest absolute Gasteiger partial charge is 0.324 e. The summed E-state index contributed by atoms with van der Waals surface area (Å²) in [4.78, 5) is 11.7. The topological polar surface area (TPSA) is 69.2 Å². The zero-order chi connectivity index (χ0) is 14.5. The molecule has 0 atom stereocenters. The maximum absolute atomic E-state index is 13.1. The van der Waals surface area contributed by atoms with Crippen molar-refractivity contribution in [2.75, 3.05) is 19.5 Å². The Kier molecular flexibility index (Phi) is 4.24. The van der Waals surface area contributed by atoms with Crippen molar-refractivity contribution in [2.45, 2.75) is 6.54 Å². The van der Waals surface area contributed by atoms with Gasteiger partial charge in [-0.25, -0.2) is 8.78 Å². The summed E-state index contributed by atoms with van der Waals surface area (Å²) in [6.45, 7) is 0.216. The number of hydrogen-bond acceptors (Lipinski definition) is 6. The summed E-state index contributed by atoms with van der Waals surface area (Å²) in [5.41, 5.74) is 0.544. The number of methoxy groups -OCH3 is 2. The molecule has 0 unspecified atom stereocenters. The van der Waals surface area contributed by atoms with Gasteiger partial charge in [-0.1, -0.05) is 6.07 Å². The molecule has 1 N–H and O–H groups in total. The largest absolute Gasteiger partial charge is 0.467 e. The zero-order valence-corrected chi connectivity index (χ0v) is 10.9. The van der Waals surface area contributed by atoms with Crippen molar-refractivity contribution in [3.05, 3.63) is 35.4 Å². The maximum Gasteiger partial charge on any atom is 0.324 e. The Morgan fingerprint density at radius 2 is 1.65 bits per heavy atom. The van der Waals surface area contributed by atoms with Gasteiger partial charge in [0.1, 0.15) is 0 Å². The number of hydrogen-bond donors (Lipinski definition) is 1. The third-order valence-electron chi connectivity index (χ3n) is 2.39. The van der Waals surface area contributed by atoms with E-state index in [1.807, 2.05) is 0 Å². The Hall–Kier alpha value is -2.51. The van der Waals surface area contributed by atoms with Gasteiger partial charge in [-0.05, 0) is 17.7 Å². The highest BCUT2D eigenvalue weighted by molar-refractivity contribution is 5.30. The number of ether oxygens (including phenoxy) is 2. The number of nitrogens with one attached hydrogen (secondary N) is 1. The zero-order valence-electron chi connectivity index (χ0n) is 10.9. The van der Waals surface area contributed by atoms with Crippen molar-refractivity contribution < 1.29 is 18.3 Å². The average Bonchev–Trinajstić information content (AvgIpc) is 2.48. The molecular weight excluding hydrogens is 270 g/mol. The van der Waals surface area contributed by atoms with E-state index in [9.17, 15) is 8.78 Å². The van der Waals surface area contributed by atoms with Crippen molar-refractivity contribution in [2.24, 2.45) is 0 Å². The lowest BCUT2D eigenvalue weighted by Gasteiger charge is -2.07. The highest BCUT2D eigenvalue weighted by Gasteiger charge is 2.07. The summed E-state index contributed by atoms with van der Waals surface area (Å²) >= 11 is 0. The number of nitrogens with zero attached hydrogens (tertiary/aromatic N) is 3. The summed E-state index contributed by atoms with van der Waals surface area (Å²) in [5.74, 6) is -1.59. The second kappa shape index (κ2) is 6.09. The van der Waals surface area contributed by atoms with Crippen LogP contribution in [0.25, 0.3) is 0 Å². The van der Waals surface area contributed by atoms with Gasteiger partial charge in [-0.3, -0.25) is 0 Å². The molecule has 0 aliphatic carbocycles. The minimum atomic E-state index is -0.907. The van der Waals surface area contributed by atoms with Crippen LogP contribution in [0.4, 0.5) is 14.7 Å². The molecule has 0 aliphatic heterocycles. The predicted octanol–water partition coefficient (Wildman–Crippen LogP) is 1.78. The highest BCUT2D eigenvalue weighted by Crippen LogP contribution is 2.14. The van der Waals surface area contributed by atoms with E-state index >= 15 is 0 Å². The van der Waals surface area contributed by atoms with Crippen LogP contribution in [-0.2, 0) is 6.54 Å². The Bertz CT molecular complexity index is 588. The predicted molar refractivity (Wildman–Crippen MR) is 66.6 cm³/mol. The molecule has 1 heterocycles. The molecule has 6 nitrogen and oxygen atoms in total. The van der Waals surface area contributed by atoms with Crippen LogP contribution >= 0.6 is 0 Å². The molecule has 0 spiro atoms. The standard InChI is InChI=1S/C12H12F2N4O2/c1-19-11-16-10(17-12(18-11)20-2)15-6-7-3-4-8(13)9(14)5-7/h3-5H,6H2,1-2H3,(H,15,16,17,18). The van der Waals surface area contributed by atoms with Crippen LogP contribution in [0.5, 0.6) is 12.0 Å². The van der Waals surface area contributed by atoms with E-state index in [0.29, 0.717) is 5.56 Å². The van der Waals surface area contributed by atoms with Gasteiger partial charge in [-0.15, -0.1) is 4.98 Å². The Balaban J connectivity index is 2.11. The lowest BCUT2D eigenvalue weighted by molar-refractivity contribution is 0.341. The number of benzene rings is 1. The van der Waals surface area contributed by atoms with Gasteiger partial charge >= 0.3 is 12.0 Å². The minimum Gasteiger partial charge on any atom is -0.467 e. The summed E-state index contributed by atoms with van der Waals surface area (Å²) in [6, 6.07) is 3.79. The quantitative estimate of drug-likeness (QED) is 0.901. The maximum atomic E-state index is 13.1. The van der Waals surface area contributed by atoms with E-state index in [1.54, 1.807) is 0 Å². The van der Waals surface area contributed by atoms with E-state index in [4.69, 9.17) is 9.47 Å². The molecule has 106 valence electrons. The first-order valence-electron chi connectivity index (χ1n) is 5.64. The van der Waals surface area contributed by atoms with Gasteiger partial charge < -0.3 is 14.8 Å². The van der Waals surface area contributed by atoms with Gasteiger partial charge in [0.15, 0.2) is 11.6 Å². The first-order valence-corrected chi connectivity index (χ1v) is 5.64. The fourth-order valence-electron chi connectivity index (χ4n) is 1.43. The Morgan fingerprint density at radius 3 is 2.20 bits per heavy atom. The second-order valence-corrected chi connectivity index (χ2v) is 3.73. The lowest BCUT2D eigenvalue weighted by Crippen LogP contribution is -2.07. The fourth-order valence-corrected chi connectivity index (χ4v) is 1.43. The molecule has 0 aliphatic rings. The van der Waals surface area contributed by atoms with Gasteiger partial charge in [0.25, 0.3) is 0 Å². The van der Waals surface area contributed by atoms with Gasteiger partial charge in [-0.2, -0.15) is 9.97 Å². The fraction of sp³-hybridized carbons (Fsp3) is 0.250. The number of rotatable bonds is 5. The van der Waals surface area contributed by atoms with E-state index in [2.05, 4.69) is 20.3 Å². The molecule has 0 fully saturated rings. The summed E-state index contributed by atoms with van der Waals surface area (Å²) in [5, 5.41) is 2.85. The molecular formula is C12H12F2N4O2. The van der Waals surface area contributed by atoms with Crippen LogP contribution in [0.3, 0.4) is 0 Å². The van der Waals surface area contributed by atoms with Crippen LogP contribution in [0.2, 0.25) is 0 Å². The second-order valence-electron chi connectivity index (χ2n) is 3.73. The van der Waals surface area contributed by atoms with E-state index in [1.165, 1.54) is 20.3 Å². The van der Waals surface area contributed by atoms with E-state index in [0.717, 1.165) is 12.1 Å². The van der Waals surface area contributed by atoms with E-state index in [-0.39, 0.29) is 24.5 Å². The Labute approximate surface area is 113 Å². The van der Waals surface area contributed by atoms with Crippen LogP contribution in [0.1, 0.15) is 5.56 Å². The van der Waals surface area contributed by atoms with Gasteiger partial charge in [0.2, 0.25) is 5.95 Å². The van der Waals surface area contributed by atoms with Crippen LogP contribution in [0.15, 0.2) is 18.2 Å².